The number of imidazole rings is 1. The quantitative estimate of drug-likeness (QED) is 0.232. The molecule has 4 aromatic heterocycles. The molecule has 0 unspecified atom stereocenters. The number of anilines is 2. The maximum Gasteiger partial charge on any atom is 0.328 e. The Hall–Kier alpha value is -3.84. The van der Waals surface area contributed by atoms with Crippen molar-refractivity contribution in [3.05, 3.63) is 51.7 Å². The van der Waals surface area contributed by atoms with E-state index in [9.17, 15) is 4.79 Å². The van der Waals surface area contributed by atoms with Gasteiger partial charge in [-0.05, 0) is 44.0 Å². The van der Waals surface area contributed by atoms with E-state index in [2.05, 4.69) is 63.2 Å². The van der Waals surface area contributed by atoms with Crippen LogP contribution >= 0.6 is 0 Å². The molecule has 0 bridgehead atoms. The van der Waals surface area contributed by atoms with Crippen molar-refractivity contribution in [2.45, 2.75) is 64.7 Å². The number of rotatable bonds is 9. The van der Waals surface area contributed by atoms with Crippen LogP contribution < -0.4 is 22.1 Å². The van der Waals surface area contributed by atoms with Crippen LogP contribution in [0.25, 0.3) is 11.2 Å². The molecule has 6 rings (SSSR count). The SMILES string of the molecule is CCCCNc1nc(N)c2[nH]c(=O)n(Cc3ccc(CN4CCC(c5nnc6n5CCNC6)CC4)cn3)c2n1. The summed E-state index contributed by atoms with van der Waals surface area (Å²) in [4.78, 5) is 31.5. The number of nitrogens with one attached hydrogen (secondary N) is 3. The predicted octanol–water partition coefficient (Wildman–Crippen LogP) is 1.43. The van der Waals surface area contributed by atoms with Gasteiger partial charge in [-0.3, -0.25) is 14.5 Å². The van der Waals surface area contributed by atoms with Crippen LogP contribution in [0.1, 0.15) is 61.4 Å². The van der Waals surface area contributed by atoms with Crippen molar-refractivity contribution in [2.75, 3.05) is 37.2 Å². The highest BCUT2D eigenvalue weighted by Crippen LogP contribution is 2.28. The molecule has 0 saturated carbocycles. The minimum absolute atomic E-state index is 0.253. The van der Waals surface area contributed by atoms with Gasteiger partial charge in [0.15, 0.2) is 11.5 Å². The molecule has 2 aliphatic rings. The number of nitrogen functional groups attached to an aromatic ring is 1. The average molecular weight is 533 g/mol. The Morgan fingerprint density at radius 2 is 2.00 bits per heavy atom. The molecule has 1 fully saturated rings. The standard InChI is InChI=1S/C26H36N12O/c1-2-3-8-29-25-32-22(27)21-24(33-25)38(26(39)31-21)16-19-5-4-17(13-30-19)15-36-10-6-18(7-11-36)23-35-34-20-14-28-9-12-37(20)23/h4-5,13,18,28H,2-3,6-12,14-16H2,1H3,(H,31,39)(H3,27,29,32,33). The Morgan fingerprint density at radius 3 is 2.79 bits per heavy atom. The molecule has 0 aliphatic carbocycles. The van der Waals surface area contributed by atoms with Crippen molar-refractivity contribution < 1.29 is 0 Å². The third kappa shape index (κ3) is 5.36. The lowest BCUT2D eigenvalue weighted by molar-refractivity contribution is 0.199. The molecule has 0 aromatic carbocycles. The maximum atomic E-state index is 12.7. The lowest BCUT2D eigenvalue weighted by Gasteiger charge is -2.32. The highest BCUT2D eigenvalue weighted by atomic mass is 16.1. The van der Waals surface area contributed by atoms with E-state index in [-0.39, 0.29) is 11.5 Å². The number of nitrogens with zero attached hydrogens (tertiary/aromatic N) is 8. The summed E-state index contributed by atoms with van der Waals surface area (Å²) in [6.45, 7) is 8.81. The first kappa shape index (κ1) is 25.4. The van der Waals surface area contributed by atoms with E-state index in [4.69, 9.17) is 5.73 Å². The van der Waals surface area contributed by atoms with Crippen LogP contribution in [0.2, 0.25) is 0 Å². The van der Waals surface area contributed by atoms with Gasteiger partial charge in [0.1, 0.15) is 17.2 Å². The number of likely N-dealkylation sites (tertiary alicyclic amines) is 1. The van der Waals surface area contributed by atoms with Gasteiger partial charge in [0.2, 0.25) is 5.95 Å². The smallest absolute Gasteiger partial charge is 0.328 e. The first-order valence-electron chi connectivity index (χ1n) is 13.9. The number of aromatic amines is 1. The van der Waals surface area contributed by atoms with E-state index in [0.29, 0.717) is 29.6 Å². The molecule has 4 aromatic rings. The van der Waals surface area contributed by atoms with Crippen LogP contribution in [0.3, 0.4) is 0 Å². The van der Waals surface area contributed by atoms with Crippen LogP contribution in [0.4, 0.5) is 11.8 Å². The zero-order chi connectivity index (χ0) is 26.8. The Kier molecular flexibility index (Phi) is 7.24. The summed E-state index contributed by atoms with van der Waals surface area (Å²) in [5, 5.41) is 15.5. The van der Waals surface area contributed by atoms with Crippen molar-refractivity contribution in [3.8, 4) is 0 Å². The third-order valence-corrected chi connectivity index (χ3v) is 7.68. The lowest BCUT2D eigenvalue weighted by Crippen LogP contribution is -2.34. The lowest BCUT2D eigenvalue weighted by atomic mass is 9.95. The fraction of sp³-hybridized carbons (Fsp3) is 0.538. The molecule has 5 N–H and O–H groups in total. The molecular formula is C26H36N12O. The van der Waals surface area contributed by atoms with Crippen molar-refractivity contribution >= 4 is 22.9 Å². The molecule has 0 amide bonds. The first-order chi connectivity index (χ1) is 19.1. The molecular weight excluding hydrogens is 496 g/mol. The molecule has 6 heterocycles. The van der Waals surface area contributed by atoms with Crippen molar-refractivity contribution in [1.29, 1.82) is 0 Å². The van der Waals surface area contributed by atoms with Crippen molar-refractivity contribution in [2.24, 2.45) is 0 Å². The number of pyridine rings is 1. The van der Waals surface area contributed by atoms with E-state index in [1.165, 1.54) is 0 Å². The summed E-state index contributed by atoms with van der Waals surface area (Å²) >= 11 is 0. The second kappa shape index (κ2) is 11.1. The van der Waals surface area contributed by atoms with Crippen LogP contribution in [-0.2, 0) is 26.2 Å². The molecule has 206 valence electrons. The largest absolute Gasteiger partial charge is 0.382 e. The zero-order valence-corrected chi connectivity index (χ0v) is 22.4. The second-order valence-corrected chi connectivity index (χ2v) is 10.4. The van der Waals surface area contributed by atoms with Crippen LogP contribution in [0.5, 0.6) is 0 Å². The number of nitrogens with two attached hydrogens (primary N) is 1. The minimum Gasteiger partial charge on any atom is -0.382 e. The van der Waals surface area contributed by atoms with Crippen LogP contribution in [0.15, 0.2) is 23.1 Å². The van der Waals surface area contributed by atoms with Gasteiger partial charge in [0.25, 0.3) is 0 Å². The predicted molar refractivity (Wildman–Crippen MR) is 148 cm³/mol. The molecule has 13 heteroatoms. The molecule has 13 nitrogen and oxygen atoms in total. The topological polar surface area (TPSA) is 160 Å². The van der Waals surface area contributed by atoms with Gasteiger partial charge >= 0.3 is 5.69 Å². The van der Waals surface area contributed by atoms with E-state index in [0.717, 1.165) is 94.4 Å². The van der Waals surface area contributed by atoms with E-state index in [1.807, 2.05) is 12.3 Å². The Labute approximate surface area is 226 Å². The monoisotopic (exact) mass is 532 g/mol. The highest BCUT2D eigenvalue weighted by Gasteiger charge is 2.27. The number of hydrogen-bond donors (Lipinski definition) is 4. The van der Waals surface area contributed by atoms with E-state index in [1.54, 1.807) is 4.57 Å². The van der Waals surface area contributed by atoms with Gasteiger partial charge in [0, 0.05) is 38.3 Å². The van der Waals surface area contributed by atoms with Gasteiger partial charge in [0.05, 0.1) is 18.8 Å². The maximum absolute atomic E-state index is 12.7. The number of piperidine rings is 1. The average Bonchev–Trinajstić information content (AvgIpc) is 3.52. The third-order valence-electron chi connectivity index (χ3n) is 7.68. The van der Waals surface area contributed by atoms with Gasteiger partial charge in [-0.1, -0.05) is 19.4 Å². The summed E-state index contributed by atoms with van der Waals surface area (Å²) in [5.41, 5.74) is 8.69. The Balaban J connectivity index is 1.08. The summed E-state index contributed by atoms with van der Waals surface area (Å²) in [6, 6.07) is 4.08. The summed E-state index contributed by atoms with van der Waals surface area (Å²) in [7, 11) is 0. The summed E-state index contributed by atoms with van der Waals surface area (Å²) in [6.07, 6.45) is 6.13. The van der Waals surface area contributed by atoms with Crippen molar-refractivity contribution in [1.82, 2.24) is 49.5 Å². The Morgan fingerprint density at radius 1 is 1.13 bits per heavy atom. The Bertz CT molecular complexity index is 1480. The number of H-pyrrole nitrogens is 1. The molecule has 0 spiro atoms. The van der Waals surface area contributed by atoms with Gasteiger partial charge in [-0.25, -0.2) is 4.79 Å². The van der Waals surface area contributed by atoms with E-state index >= 15 is 0 Å². The molecule has 1 saturated heterocycles. The van der Waals surface area contributed by atoms with Gasteiger partial charge in [-0.2, -0.15) is 9.97 Å². The first-order valence-corrected chi connectivity index (χ1v) is 13.9. The van der Waals surface area contributed by atoms with Crippen LogP contribution in [0, 0.1) is 0 Å². The van der Waals surface area contributed by atoms with Crippen molar-refractivity contribution in [3.63, 3.8) is 0 Å². The summed E-state index contributed by atoms with van der Waals surface area (Å²) < 4.78 is 3.87. The highest BCUT2D eigenvalue weighted by molar-refractivity contribution is 5.82. The van der Waals surface area contributed by atoms with E-state index < -0.39 is 0 Å². The fourth-order valence-corrected chi connectivity index (χ4v) is 5.48. The number of fused-ring (bicyclic) bond motifs is 2. The number of hydrogen-bond acceptors (Lipinski definition) is 10. The summed E-state index contributed by atoms with van der Waals surface area (Å²) in [5.74, 6) is 3.35. The van der Waals surface area contributed by atoms with Gasteiger partial charge in [-0.15, -0.1) is 10.2 Å². The molecule has 0 radical (unpaired) electrons. The number of unbranched alkanes of at least 4 members (excludes halogenated alkanes) is 1. The molecule has 2 aliphatic heterocycles. The van der Waals surface area contributed by atoms with Crippen LogP contribution in [-0.4, -0.2) is 70.3 Å². The second-order valence-electron chi connectivity index (χ2n) is 10.4. The van der Waals surface area contributed by atoms with Gasteiger partial charge < -0.3 is 25.9 Å². The normalized spacial score (nSPS) is 16.5. The number of aromatic nitrogens is 8. The molecule has 39 heavy (non-hydrogen) atoms. The molecule has 0 atom stereocenters. The fourth-order valence-electron chi connectivity index (χ4n) is 5.48. The minimum atomic E-state index is -0.282. The zero-order valence-electron chi connectivity index (χ0n) is 22.4.